The molecule has 7 nitrogen and oxygen atoms in total. The number of hydrogen-bond donors (Lipinski definition) is 2. The van der Waals surface area contributed by atoms with Gasteiger partial charge in [-0.25, -0.2) is 4.79 Å². The summed E-state index contributed by atoms with van der Waals surface area (Å²) in [7, 11) is 0. The number of fused-ring (bicyclic) bond motifs is 2. The third kappa shape index (κ3) is 3.60. The molecule has 1 saturated heterocycles. The second-order valence-electron chi connectivity index (χ2n) is 9.47. The Hall–Kier alpha value is -3.19. The number of nitrogens with one attached hydrogen (secondary N) is 1. The molecule has 3 atom stereocenters. The summed E-state index contributed by atoms with van der Waals surface area (Å²) in [6.07, 6.45) is 2.57. The zero-order chi connectivity index (χ0) is 23.2. The number of aliphatic hydroxyl groups is 1. The van der Waals surface area contributed by atoms with Gasteiger partial charge in [-0.1, -0.05) is 61.0 Å². The van der Waals surface area contributed by atoms with Gasteiger partial charge in [0.1, 0.15) is 12.1 Å². The maximum Gasteiger partial charge on any atom is 0.325 e. The Labute approximate surface area is 193 Å². The van der Waals surface area contributed by atoms with Crippen molar-refractivity contribution in [2.75, 3.05) is 6.54 Å². The number of carbonyl (C=O) groups excluding carboxylic acids is 3. The minimum absolute atomic E-state index is 0.0233. The highest BCUT2D eigenvalue weighted by Crippen LogP contribution is 2.46. The van der Waals surface area contributed by atoms with Gasteiger partial charge in [-0.15, -0.1) is 0 Å². The zero-order valence-electron chi connectivity index (χ0n) is 18.7. The van der Waals surface area contributed by atoms with Gasteiger partial charge in [0.25, 0.3) is 5.91 Å². The Balaban J connectivity index is 1.38. The predicted molar refractivity (Wildman–Crippen MR) is 122 cm³/mol. The molecular weight excluding hydrogens is 418 g/mol. The van der Waals surface area contributed by atoms with Gasteiger partial charge in [-0.2, -0.15) is 0 Å². The number of aliphatic hydroxyl groups excluding tert-OH is 1. The van der Waals surface area contributed by atoms with Gasteiger partial charge in [0.2, 0.25) is 5.91 Å². The highest BCUT2D eigenvalue weighted by molar-refractivity contribution is 6.10. The van der Waals surface area contributed by atoms with Crippen molar-refractivity contribution < 1.29 is 19.5 Å². The second-order valence-corrected chi connectivity index (χ2v) is 9.47. The van der Waals surface area contributed by atoms with E-state index >= 15 is 0 Å². The fourth-order valence-electron chi connectivity index (χ4n) is 5.42. The molecular formula is C26H29N3O4. The number of amides is 4. The first-order valence-corrected chi connectivity index (χ1v) is 11.7. The molecule has 172 valence electrons. The molecule has 0 aromatic heterocycles. The predicted octanol–water partition coefficient (Wildman–Crippen LogP) is 3.09. The van der Waals surface area contributed by atoms with Gasteiger partial charge in [0.15, 0.2) is 0 Å². The van der Waals surface area contributed by atoms with Crippen molar-refractivity contribution in [3.8, 4) is 0 Å². The molecule has 2 aromatic rings. The fraction of sp³-hybridized carbons (Fsp3) is 0.423. The van der Waals surface area contributed by atoms with Crippen LogP contribution in [0.25, 0.3) is 0 Å². The standard InChI is InChI=1S/C26H29N3O4/c1-17(19-10-7-11-19)28(15-18-8-3-2-4-9-18)23(31)16-29-24(32)26(27-25(29)33)14-22(30)20-12-5-6-13-21(20)26/h2-6,8-9,12-13,17,19,22,30H,7,10-11,14-16H2,1H3,(H,27,33)/t17-,22+,26?/m0/s1. The molecule has 4 amide bonds. The van der Waals surface area contributed by atoms with E-state index in [9.17, 15) is 19.5 Å². The maximum atomic E-state index is 13.5. The van der Waals surface area contributed by atoms with E-state index in [0.717, 1.165) is 23.3 Å². The Bertz CT molecular complexity index is 1080. The molecule has 1 unspecified atom stereocenters. The first-order chi connectivity index (χ1) is 15.9. The lowest BCUT2D eigenvalue weighted by Crippen LogP contribution is -2.49. The van der Waals surface area contributed by atoms with Crippen LogP contribution in [0.1, 0.15) is 55.4 Å². The summed E-state index contributed by atoms with van der Waals surface area (Å²) >= 11 is 0. The lowest BCUT2D eigenvalue weighted by molar-refractivity contribution is -0.142. The highest BCUT2D eigenvalue weighted by Gasteiger charge is 2.58. The number of imide groups is 1. The highest BCUT2D eigenvalue weighted by atomic mass is 16.3. The number of benzene rings is 2. The molecule has 7 heteroatoms. The topological polar surface area (TPSA) is 90.0 Å². The summed E-state index contributed by atoms with van der Waals surface area (Å²) in [5.74, 6) is -0.282. The molecule has 1 spiro atoms. The Morgan fingerprint density at radius 3 is 2.55 bits per heavy atom. The van der Waals surface area contributed by atoms with Crippen LogP contribution in [-0.4, -0.2) is 45.3 Å². The number of hydrogen-bond acceptors (Lipinski definition) is 4. The van der Waals surface area contributed by atoms with Crippen LogP contribution >= 0.6 is 0 Å². The van der Waals surface area contributed by atoms with Crippen molar-refractivity contribution in [3.63, 3.8) is 0 Å². The molecule has 2 fully saturated rings. The van der Waals surface area contributed by atoms with E-state index in [1.165, 1.54) is 6.42 Å². The number of urea groups is 1. The monoisotopic (exact) mass is 447 g/mol. The van der Waals surface area contributed by atoms with Gasteiger partial charge in [0, 0.05) is 19.0 Å². The van der Waals surface area contributed by atoms with Gasteiger partial charge in [0.05, 0.1) is 6.10 Å². The second kappa shape index (κ2) is 8.30. The van der Waals surface area contributed by atoms with E-state index in [2.05, 4.69) is 12.2 Å². The summed E-state index contributed by atoms with van der Waals surface area (Å²) < 4.78 is 0. The Morgan fingerprint density at radius 2 is 1.85 bits per heavy atom. The van der Waals surface area contributed by atoms with Crippen LogP contribution in [0, 0.1) is 5.92 Å². The van der Waals surface area contributed by atoms with Crippen molar-refractivity contribution >= 4 is 17.8 Å². The summed E-state index contributed by atoms with van der Waals surface area (Å²) in [4.78, 5) is 42.7. The smallest absolute Gasteiger partial charge is 0.325 e. The zero-order valence-corrected chi connectivity index (χ0v) is 18.7. The molecule has 1 heterocycles. The van der Waals surface area contributed by atoms with Crippen molar-refractivity contribution in [2.45, 2.75) is 56.8 Å². The van der Waals surface area contributed by atoms with Gasteiger partial charge in [-0.3, -0.25) is 14.5 Å². The van der Waals surface area contributed by atoms with Crippen molar-refractivity contribution in [1.29, 1.82) is 0 Å². The Kier molecular flexibility index (Phi) is 5.44. The van der Waals surface area contributed by atoms with E-state index in [4.69, 9.17) is 0 Å². The van der Waals surface area contributed by atoms with E-state index in [1.54, 1.807) is 24.3 Å². The minimum Gasteiger partial charge on any atom is -0.388 e. The van der Waals surface area contributed by atoms with Crippen LogP contribution in [0.15, 0.2) is 54.6 Å². The molecule has 0 bridgehead atoms. The molecule has 33 heavy (non-hydrogen) atoms. The summed E-state index contributed by atoms with van der Waals surface area (Å²) in [6.45, 7) is 2.18. The van der Waals surface area contributed by atoms with Crippen molar-refractivity contribution in [3.05, 3.63) is 71.3 Å². The number of carbonyl (C=O) groups is 3. The lowest BCUT2D eigenvalue weighted by atomic mass is 9.79. The largest absolute Gasteiger partial charge is 0.388 e. The molecule has 3 aliphatic rings. The first-order valence-electron chi connectivity index (χ1n) is 11.7. The van der Waals surface area contributed by atoms with E-state index in [1.807, 2.05) is 35.2 Å². The lowest BCUT2D eigenvalue weighted by Gasteiger charge is -2.39. The van der Waals surface area contributed by atoms with Crippen LogP contribution in [0.5, 0.6) is 0 Å². The quantitative estimate of drug-likeness (QED) is 0.666. The molecule has 0 radical (unpaired) electrons. The fourth-order valence-corrected chi connectivity index (χ4v) is 5.42. The summed E-state index contributed by atoms with van der Waals surface area (Å²) in [5, 5.41) is 13.3. The van der Waals surface area contributed by atoms with Gasteiger partial charge < -0.3 is 15.3 Å². The van der Waals surface area contributed by atoms with Crippen LogP contribution in [0.3, 0.4) is 0 Å². The SMILES string of the molecule is C[C@@H](C1CCC1)N(Cc1ccccc1)C(=O)CN1C(=O)NC2(C[C@@H](O)c3ccccc32)C1=O. The third-order valence-corrected chi connectivity index (χ3v) is 7.59. The average molecular weight is 448 g/mol. The molecule has 1 aliphatic heterocycles. The normalized spacial score (nSPS) is 25.0. The maximum absolute atomic E-state index is 13.5. The van der Waals surface area contributed by atoms with Crippen LogP contribution in [0.2, 0.25) is 0 Å². The summed E-state index contributed by atoms with van der Waals surface area (Å²) in [5.41, 5.74) is 0.953. The molecule has 5 rings (SSSR count). The number of rotatable bonds is 6. The third-order valence-electron chi connectivity index (χ3n) is 7.59. The molecule has 2 N–H and O–H groups in total. The van der Waals surface area contributed by atoms with Crippen LogP contribution in [0.4, 0.5) is 4.79 Å². The summed E-state index contributed by atoms with van der Waals surface area (Å²) in [6, 6.07) is 16.3. The molecule has 2 aromatic carbocycles. The van der Waals surface area contributed by atoms with Crippen molar-refractivity contribution in [1.82, 2.24) is 15.1 Å². The molecule has 1 saturated carbocycles. The van der Waals surface area contributed by atoms with Crippen LogP contribution < -0.4 is 5.32 Å². The Morgan fingerprint density at radius 1 is 1.15 bits per heavy atom. The van der Waals surface area contributed by atoms with Gasteiger partial charge in [-0.05, 0) is 42.4 Å². The number of nitrogens with zero attached hydrogens (tertiary/aromatic N) is 2. The van der Waals surface area contributed by atoms with E-state index in [0.29, 0.717) is 23.6 Å². The van der Waals surface area contributed by atoms with E-state index in [-0.39, 0.29) is 24.9 Å². The minimum atomic E-state index is -1.31. The van der Waals surface area contributed by atoms with E-state index < -0.39 is 23.6 Å². The molecule has 2 aliphatic carbocycles. The average Bonchev–Trinajstić information content (AvgIpc) is 3.19. The first kappa shape index (κ1) is 21.6. The van der Waals surface area contributed by atoms with Gasteiger partial charge >= 0.3 is 6.03 Å². The van der Waals surface area contributed by atoms with Crippen LogP contribution in [-0.2, 0) is 21.7 Å². The van der Waals surface area contributed by atoms with Crippen molar-refractivity contribution in [2.24, 2.45) is 5.92 Å².